The van der Waals surface area contributed by atoms with Gasteiger partial charge in [0, 0.05) is 17.0 Å². The summed E-state index contributed by atoms with van der Waals surface area (Å²) in [5.74, 6) is 0. The Balaban J connectivity index is 1.39. The second kappa shape index (κ2) is 11.2. The van der Waals surface area contributed by atoms with Gasteiger partial charge in [0.05, 0.1) is 11.4 Å². The predicted octanol–water partition coefficient (Wildman–Crippen LogP) is 11.5. The summed E-state index contributed by atoms with van der Waals surface area (Å²) in [5, 5.41) is 9.31. The lowest BCUT2D eigenvalue weighted by Gasteiger charge is -2.15. The van der Waals surface area contributed by atoms with Crippen LogP contribution in [-0.4, -0.2) is 6.21 Å². The van der Waals surface area contributed by atoms with Crippen molar-refractivity contribution < 1.29 is 0 Å². The first kappa shape index (κ1) is 27.1. The number of hydrogen-bond acceptors (Lipinski definition) is 2. The van der Waals surface area contributed by atoms with Crippen LogP contribution in [0.2, 0.25) is 0 Å². The number of nitrogen functional groups attached to an aromatic ring is 1. The minimum absolute atomic E-state index is 0.673. The van der Waals surface area contributed by atoms with Gasteiger partial charge in [-0.05, 0) is 90.8 Å². The van der Waals surface area contributed by atoms with Crippen molar-refractivity contribution in [3.8, 4) is 11.1 Å². The Labute approximate surface area is 257 Å². The van der Waals surface area contributed by atoms with Crippen LogP contribution < -0.4 is 5.73 Å². The fraction of sp³-hybridized carbons (Fsp3) is 0.0238. The monoisotopic (exact) mass is 564 g/mol. The van der Waals surface area contributed by atoms with Crippen LogP contribution in [0, 0.1) is 6.92 Å². The average Bonchev–Trinajstić information content (AvgIpc) is 3.08. The van der Waals surface area contributed by atoms with Crippen LogP contribution in [0.3, 0.4) is 0 Å². The van der Waals surface area contributed by atoms with Crippen molar-refractivity contribution in [1.29, 1.82) is 0 Å². The molecule has 0 saturated carbocycles. The van der Waals surface area contributed by atoms with E-state index < -0.39 is 0 Å². The number of aliphatic imine (C=N–C) groups is 1. The fourth-order valence-electron chi connectivity index (χ4n) is 6.47. The summed E-state index contributed by atoms with van der Waals surface area (Å²) in [6, 6.07) is 40.8. The van der Waals surface area contributed by atoms with E-state index in [0.29, 0.717) is 5.69 Å². The van der Waals surface area contributed by atoms with Gasteiger partial charge >= 0.3 is 0 Å². The van der Waals surface area contributed by atoms with Crippen molar-refractivity contribution in [3.63, 3.8) is 0 Å². The zero-order valence-corrected chi connectivity index (χ0v) is 24.7. The summed E-state index contributed by atoms with van der Waals surface area (Å²) in [7, 11) is 0. The molecule has 0 aliphatic rings. The maximum absolute atomic E-state index is 6.69. The van der Waals surface area contributed by atoms with Gasteiger partial charge in [0.25, 0.3) is 0 Å². The van der Waals surface area contributed by atoms with E-state index in [4.69, 9.17) is 10.7 Å². The summed E-state index contributed by atoms with van der Waals surface area (Å²) >= 11 is 0. The standard InChI is InChI=1S/C42H32N2/c1-4-23-44-42-40-26-31(21-22-37(40)35-18-10-11-20-38(35)41(42)43)30-14-12-13-29(24-30)28(5-2)25-39-27(3)32-15-6-7-16-33(32)34-17-8-9-19-36(34)39/h4-26H,1-2,43H2,3H3/b28-25+,44-23-. The van der Waals surface area contributed by atoms with Gasteiger partial charge in [0.2, 0.25) is 0 Å². The van der Waals surface area contributed by atoms with Gasteiger partial charge in [-0.2, -0.15) is 0 Å². The van der Waals surface area contributed by atoms with Gasteiger partial charge < -0.3 is 5.73 Å². The third-order valence-electron chi connectivity index (χ3n) is 8.64. The molecule has 0 saturated heterocycles. The van der Waals surface area contributed by atoms with Crippen LogP contribution in [0.4, 0.5) is 11.4 Å². The summed E-state index contributed by atoms with van der Waals surface area (Å²) in [5.41, 5.74) is 15.0. The predicted molar refractivity (Wildman–Crippen MR) is 194 cm³/mol. The van der Waals surface area contributed by atoms with Gasteiger partial charge in [0.1, 0.15) is 0 Å². The first-order valence-electron chi connectivity index (χ1n) is 14.8. The van der Waals surface area contributed by atoms with Crippen LogP contribution in [0.5, 0.6) is 0 Å². The van der Waals surface area contributed by atoms with Crippen molar-refractivity contribution in [2.24, 2.45) is 4.99 Å². The lowest BCUT2D eigenvalue weighted by Crippen LogP contribution is -1.92. The van der Waals surface area contributed by atoms with Crippen LogP contribution in [0.15, 0.2) is 146 Å². The molecular formula is C42H32N2. The zero-order valence-electron chi connectivity index (χ0n) is 24.7. The van der Waals surface area contributed by atoms with E-state index in [1.54, 1.807) is 12.3 Å². The van der Waals surface area contributed by atoms with Crippen LogP contribution in [0.1, 0.15) is 16.7 Å². The molecule has 7 aromatic rings. The minimum Gasteiger partial charge on any atom is -0.396 e. The second-order valence-electron chi connectivity index (χ2n) is 11.1. The SMILES string of the molecule is C=C/C=N\c1c(N)c2ccccc2c2ccc(-c3cccc(/C(C=C)=C/c4c(C)c5ccccc5c5ccccc45)c3)cc12. The normalized spacial score (nSPS) is 12.1. The number of fused-ring (bicyclic) bond motifs is 6. The van der Waals surface area contributed by atoms with E-state index in [0.717, 1.165) is 49.5 Å². The molecule has 0 aromatic heterocycles. The zero-order chi connectivity index (χ0) is 30.2. The molecule has 2 nitrogen and oxygen atoms in total. The number of nitrogens with zero attached hydrogens (tertiary/aromatic N) is 1. The number of allylic oxidation sites excluding steroid dienone is 3. The summed E-state index contributed by atoms with van der Waals surface area (Å²) < 4.78 is 0. The fourth-order valence-corrected chi connectivity index (χ4v) is 6.47. The molecule has 0 heterocycles. The Morgan fingerprint density at radius 3 is 1.91 bits per heavy atom. The molecule has 7 aromatic carbocycles. The molecule has 0 amide bonds. The highest BCUT2D eigenvalue weighted by Gasteiger charge is 2.14. The number of aryl methyl sites for hydroxylation is 1. The molecule has 0 aliphatic heterocycles. The summed E-state index contributed by atoms with van der Waals surface area (Å²) in [6.45, 7) is 10.2. The van der Waals surface area contributed by atoms with Gasteiger partial charge in [-0.3, -0.25) is 4.99 Å². The minimum atomic E-state index is 0.673. The Bertz CT molecular complexity index is 2340. The van der Waals surface area contributed by atoms with Crippen LogP contribution in [-0.2, 0) is 0 Å². The molecule has 0 fully saturated rings. The van der Waals surface area contributed by atoms with Gasteiger partial charge in [-0.1, -0.05) is 128 Å². The Morgan fingerprint density at radius 1 is 0.614 bits per heavy atom. The molecule has 2 heteroatoms. The van der Waals surface area contributed by atoms with E-state index in [2.05, 4.69) is 135 Å². The van der Waals surface area contributed by atoms with Crippen molar-refractivity contribution in [2.75, 3.05) is 5.73 Å². The molecule has 2 N–H and O–H groups in total. The molecule has 0 spiro atoms. The van der Waals surface area contributed by atoms with Crippen LogP contribution >= 0.6 is 0 Å². The van der Waals surface area contributed by atoms with Gasteiger partial charge in [-0.25, -0.2) is 0 Å². The highest BCUT2D eigenvalue weighted by atomic mass is 14.8. The first-order valence-corrected chi connectivity index (χ1v) is 14.8. The largest absolute Gasteiger partial charge is 0.396 e. The number of rotatable bonds is 6. The van der Waals surface area contributed by atoms with Crippen molar-refractivity contribution in [3.05, 3.63) is 157 Å². The maximum atomic E-state index is 6.69. The highest BCUT2D eigenvalue weighted by molar-refractivity contribution is 6.20. The molecule has 210 valence electrons. The highest BCUT2D eigenvalue weighted by Crippen LogP contribution is 2.42. The Hall–Kier alpha value is -5.73. The van der Waals surface area contributed by atoms with E-state index in [1.165, 1.54) is 32.7 Å². The third kappa shape index (κ3) is 4.49. The van der Waals surface area contributed by atoms with Gasteiger partial charge in [-0.15, -0.1) is 0 Å². The maximum Gasteiger partial charge on any atom is 0.0943 e. The molecule has 0 atom stereocenters. The Kier molecular flexibility index (Phi) is 6.88. The number of benzene rings is 7. The Morgan fingerprint density at radius 2 is 1.20 bits per heavy atom. The van der Waals surface area contributed by atoms with E-state index in [-0.39, 0.29) is 0 Å². The molecule has 7 rings (SSSR count). The molecule has 44 heavy (non-hydrogen) atoms. The molecule has 0 radical (unpaired) electrons. The van der Waals surface area contributed by atoms with E-state index in [1.807, 2.05) is 12.1 Å². The summed E-state index contributed by atoms with van der Waals surface area (Å²) in [6.07, 6.45) is 7.62. The molecule has 0 aliphatic carbocycles. The summed E-state index contributed by atoms with van der Waals surface area (Å²) in [4.78, 5) is 4.71. The number of hydrogen-bond donors (Lipinski definition) is 1. The quantitative estimate of drug-likeness (QED) is 0.0705. The molecule has 0 unspecified atom stereocenters. The van der Waals surface area contributed by atoms with Gasteiger partial charge in [0.15, 0.2) is 0 Å². The molecular weight excluding hydrogens is 532 g/mol. The van der Waals surface area contributed by atoms with Crippen molar-refractivity contribution in [2.45, 2.75) is 6.92 Å². The van der Waals surface area contributed by atoms with E-state index in [9.17, 15) is 0 Å². The smallest absolute Gasteiger partial charge is 0.0943 e. The lowest BCUT2D eigenvalue weighted by molar-refractivity contribution is 1.52. The van der Waals surface area contributed by atoms with Crippen LogP contribution in [0.25, 0.3) is 65.9 Å². The van der Waals surface area contributed by atoms with Crippen molar-refractivity contribution in [1.82, 2.24) is 0 Å². The first-order chi connectivity index (χ1) is 21.6. The van der Waals surface area contributed by atoms with E-state index >= 15 is 0 Å². The van der Waals surface area contributed by atoms with Crippen molar-refractivity contribution >= 4 is 72.3 Å². The lowest BCUT2D eigenvalue weighted by atomic mass is 9.90. The molecule has 0 bridgehead atoms. The third-order valence-corrected chi connectivity index (χ3v) is 8.64. The topological polar surface area (TPSA) is 38.4 Å². The number of anilines is 1. The second-order valence-corrected chi connectivity index (χ2v) is 11.1. The average molecular weight is 565 g/mol. The number of nitrogens with two attached hydrogens (primary N) is 1.